The van der Waals surface area contributed by atoms with Crippen molar-refractivity contribution in [2.45, 2.75) is 0 Å². The standard InChI is InChI=1S/C11H7BrN2OS/c12-7-2-1-6-3-10(16-9(6)4-7)8-5-11(13)14-15-8/h1-5H,(H2,13,14). The van der Waals surface area contributed by atoms with Crippen molar-refractivity contribution in [3.8, 4) is 10.6 Å². The van der Waals surface area contributed by atoms with Gasteiger partial charge in [-0.3, -0.25) is 0 Å². The number of benzene rings is 1. The Morgan fingerprint density at radius 3 is 2.88 bits per heavy atom. The molecule has 0 atom stereocenters. The fourth-order valence-corrected chi connectivity index (χ4v) is 3.09. The van der Waals surface area contributed by atoms with Gasteiger partial charge >= 0.3 is 0 Å². The van der Waals surface area contributed by atoms with Crippen LogP contribution in [-0.4, -0.2) is 5.16 Å². The van der Waals surface area contributed by atoms with Gasteiger partial charge in [0.2, 0.25) is 0 Å². The quantitative estimate of drug-likeness (QED) is 0.740. The number of nitrogens with two attached hydrogens (primary N) is 1. The lowest BCUT2D eigenvalue weighted by Gasteiger charge is -1.88. The normalized spacial score (nSPS) is 11.1. The molecule has 16 heavy (non-hydrogen) atoms. The lowest BCUT2D eigenvalue weighted by molar-refractivity contribution is 0.436. The van der Waals surface area contributed by atoms with E-state index >= 15 is 0 Å². The molecule has 3 nitrogen and oxygen atoms in total. The smallest absolute Gasteiger partial charge is 0.179 e. The monoisotopic (exact) mass is 294 g/mol. The largest absolute Gasteiger partial charge is 0.381 e. The fourth-order valence-electron chi connectivity index (χ4n) is 1.53. The molecule has 0 amide bonds. The highest BCUT2D eigenvalue weighted by Gasteiger charge is 2.09. The number of nitrogen functional groups attached to an aromatic ring is 1. The van der Waals surface area contributed by atoms with E-state index in [1.807, 2.05) is 6.07 Å². The van der Waals surface area contributed by atoms with Crippen molar-refractivity contribution in [1.29, 1.82) is 0 Å². The van der Waals surface area contributed by atoms with Gasteiger partial charge in [0.25, 0.3) is 0 Å². The zero-order chi connectivity index (χ0) is 11.1. The Labute approximate surface area is 104 Å². The van der Waals surface area contributed by atoms with Crippen molar-refractivity contribution in [1.82, 2.24) is 5.16 Å². The number of aromatic nitrogens is 1. The summed E-state index contributed by atoms with van der Waals surface area (Å²) < 4.78 is 7.42. The van der Waals surface area contributed by atoms with Crippen LogP contribution in [-0.2, 0) is 0 Å². The van der Waals surface area contributed by atoms with Crippen LogP contribution in [0.25, 0.3) is 20.7 Å². The average molecular weight is 295 g/mol. The number of nitrogens with zero attached hydrogens (tertiary/aromatic N) is 1. The molecule has 0 aliphatic rings. The highest BCUT2D eigenvalue weighted by Crippen LogP contribution is 2.35. The molecule has 0 bridgehead atoms. The van der Waals surface area contributed by atoms with Crippen LogP contribution < -0.4 is 5.73 Å². The molecule has 3 aromatic rings. The van der Waals surface area contributed by atoms with E-state index < -0.39 is 0 Å². The summed E-state index contributed by atoms with van der Waals surface area (Å²) in [6, 6.07) is 9.99. The molecule has 0 spiro atoms. The number of halogens is 1. The second-order valence-electron chi connectivity index (χ2n) is 3.41. The molecular weight excluding hydrogens is 288 g/mol. The van der Waals surface area contributed by atoms with Gasteiger partial charge in [0.15, 0.2) is 11.6 Å². The van der Waals surface area contributed by atoms with Crippen LogP contribution in [0.3, 0.4) is 0 Å². The minimum atomic E-state index is 0.411. The Bertz CT molecular complexity index is 659. The number of anilines is 1. The summed E-state index contributed by atoms with van der Waals surface area (Å²) in [6.07, 6.45) is 0. The van der Waals surface area contributed by atoms with Gasteiger partial charge in [0.1, 0.15) is 0 Å². The summed E-state index contributed by atoms with van der Waals surface area (Å²) in [5, 5.41) is 4.87. The van der Waals surface area contributed by atoms with Gasteiger partial charge < -0.3 is 10.3 Å². The molecule has 0 fully saturated rings. The Morgan fingerprint density at radius 1 is 1.25 bits per heavy atom. The van der Waals surface area contributed by atoms with Gasteiger partial charge in [0.05, 0.1) is 4.88 Å². The molecule has 0 saturated carbocycles. The Balaban J connectivity index is 2.18. The van der Waals surface area contributed by atoms with Crippen LogP contribution in [0.4, 0.5) is 5.82 Å². The average Bonchev–Trinajstić information content (AvgIpc) is 2.83. The van der Waals surface area contributed by atoms with Gasteiger partial charge in [-0.1, -0.05) is 27.2 Å². The molecule has 0 saturated heterocycles. The molecule has 3 rings (SSSR count). The molecule has 2 aromatic heterocycles. The first-order valence-electron chi connectivity index (χ1n) is 4.64. The summed E-state index contributed by atoms with van der Waals surface area (Å²) in [6.45, 7) is 0. The van der Waals surface area contributed by atoms with Gasteiger partial charge in [0, 0.05) is 15.2 Å². The first-order chi connectivity index (χ1) is 7.72. The number of rotatable bonds is 1. The molecular formula is C11H7BrN2OS. The Kier molecular flexibility index (Phi) is 2.22. The first kappa shape index (κ1) is 9.86. The first-order valence-corrected chi connectivity index (χ1v) is 6.25. The van der Waals surface area contributed by atoms with Crippen molar-refractivity contribution in [2.75, 3.05) is 5.73 Å². The van der Waals surface area contributed by atoms with Crippen LogP contribution in [0.15, 0.2) is 39.3 Å². The zero-order valence-corrected chi connectivity index (χ0v) is 10.5. The third-order valence-corrected chi connectivity index (χ3v) is 3.86. The van der Waals surface area contributed by atoms with Crippen LogP contribution in [0, 0.1) is 0 Å². The summed E-state index contributed by atoms with van der Waals surface area (Å²) in [5.41, 5.74) is 5.53. The predicted molar refractivity (Wildman–Crippen MR) is 69.4 cm³/mol. The highest BCUT2D eigenvalue weighted by molar-refractivity contribution is 9.10. The summed E-state index contributed by atoms with van der Waals surface area (Å²) in [4.78, 5) is 1.04. The number of hydrogen-bond acceptors (Lipinski definition) is 4. The van der Waals surface area contributed by atoms with E-state index in [1.54, 1.807) is 17.4 Å². The van der Waals surface area contributed by atoms with Gasteiger partial charge in [-0.15, -0.1) is 11.3 Å². The predicted octanol–water partition coefficient (Wildman–Crippen LogP) is 3.90. The van der Waals surface area contributed by atoms with E-state index in [-0.39, 0.29) is 0 Å². The molecule has 2 N–H and O–H groups in total. The lowest BCUT2D eigenvalue weighted by atomic mass is 10.2. The minimum Gasteiger partial charge on any atom is -0.381 e. The lowest BCUT2D eigenvalue weighted by Crippen LogP contribution is -1.79. The SMILES string of the molecule is Nc1cc(-c2cc3ccc(Br)cc3s2)on1. The van der Waals surface area contributed by atoms with Gasteiger partial charge in [-0.05, 0) is 23.6 Å². The maximum atomic E-state index is 5.53. The summed E-state index contributed by atoms with van der Waals surface area (Å²) in [7, 11) is 0. The van der Waals surface area contributed by atoms with E-state index in [9.17, 15) is 0 Å². The van der Waals surface area contributed by atoms with Crippen molar-refractivity contribution < 1.29 is 4.52 Å². The Morgan fingerprint density at radius 2 is 2.12 bits per heavy atom. The number of thiophene rings is 1. The van der Waals surface area contributed by atoms with Crippen molar-refractivity contribution in [2.24, 2.45) is 0 Å². The second-order valence-corrected chi connectivity index (χ2v) is 5.41. The maximum absolute atomic E-state index is 5.53. The third kappa shape index (κ3) is 1.62. The molecule has 0 aliphatic heterocycles. The Hall–Kier alpha value is -1.33. The molecule has 2 heterocycles. The molecule has 1 aromatic carbocycles. The molecule has 0 aliphatic carbocycles. The van der Waals surface area contributed by atoms with E-state index in [0.29, 0.717) is 5.82 Å². The zero-order valence-electron chi connectivity index (χ0n) is 8.11. The van der Waals surface area contributed by atoms with Crippen molar-refractivity contribution in [3.63, 3.8) is 0 Å². The van der Waals surface area contributed by atoms with E-state index in [0.717, 1.165) is 15.1 Å². The van der Waals surface area contributed by atoms with E-state index in [1.165, 1.54) is 10.1 Å². The van der Waals surface area contributed by atoms with Crippen molar-refractivity contribution >= 4 is 43.2 Å². The molecule has 0 radical (unpaired) electrons. The third-order valence-electron chi connectivity index (χ3n) is 2.25. The topological polar surface area (TPSA) is 52.0 Å². The number of hydrogen-bond donors (Lipinski definition) is 1. The van der Waals surface area contributed by atoms with Crippen LogP contribution in [0.2, 0.25) is 0 Å². The minimum absolute atomic E-state index is 0.411. The van der Waals surface area contributed by atoms with Gasteiger partial charge in [-0.25, -0.2) is 0 Å². The second kappa shape index (κ2) is 3.61. The van der Waals surface area contributed by atoms with E-state index in [2.05, 4.69) is 39.3 Å². The molecule has 80 valence electrons. The van der Waals surface area contributed by atoms with E-state index in [4.69, 9.17) is 10.3 Å². The number of fused-ring (bicyclic) bond motifs is 1. The highest BCUT2D eigenvalue weighted by atomic mass is 79.9. The van der Waals surface area contributed by atoms with Crippen LogP contribution in [0.5, 0.6) is 0 Å². The summed E-state index contributed by atoms with van der Waals surface area (Å²) in [5.74, 6) is 1.13. The summed E-state index contributed by atoms with van der Waals surface area (Å²) >= 11 is 5.11. The molecule has 0 unspecified atom stereocenters. The maximum Gasteiger partial charge on any atom is 0.179 e. The molecule has 5 heteroatoms. The van der Waals surface area contributed by atoms with Crippen LogP contribution >= 0.6 is 27.3 Å². The van der Waals surface area contributed by atoms with Crippen LogP contribution in [0.1, 0.15) is 0 Å². The van der Waals surface area contributed by atoms with Crippen molar-refractivity contribution in [3.05, 3.63) is 34.8 Å². The van der Waals surface area contributed by atoms with Gasteiger partial charge in [-0.2, -0.15) is 0 Å². The fraction of sp³-hybridized carbons (Fsp3) is 0.